The van der Waals surface area contributed by atoms with Crippen molar-refractivity contribution in [3.05, 3.63) is 11.3 Å². The number of esters is 1. The summed E-state index contributed by atoms with van der Waals surface area (Å²) in [5.74, 6) is -1.29. The zero-order valence-corrected chi connectivity index (χ0v) is 15.2. The number of hydrogen-bond acceptors (Lipinski definition) is 8. The molecule has 0 aromatic rings. The van der Waals surface area contributed by atoms with Crippen LogP contribution in [-0.4, -0.2) is 65.3 Å². The van der Waals surface area contributed by atoms with Crippen molar-refractivity contribution in [2.75, 3.05) is 26.2 Å². The molecule has 0 radical (unpaired) electrons. The summed E-state index contributed by atoms with van der Waals surface area (Å²) in [6, 6.07) is 1.86. The lowest BCUT2D eigenvalue weighted by molar-refractivity contribution is -0.192. The van der Waals surface area contributed by atoms with E-state index in [1.165, 1.54) is 30.9 Å². The lowest BCUT2D eigenvalue weighted by Crippen LogP contribution is -2.81. The molecule has 2 heterocycles. The Labute approximate surface area is 147 Å². The third-order valence-corrected chi connectivity index (χ3v) is 6.07. The van der Waals surface area contributed by atoms with Gasteiger partial charge >= 0.3 is 5.97 Å². The fourth-order valence-corrected chi connectivity index (χ4v) is 4.35. The molecule has 2 aliphatic heterocycles. The minimum Gasteiger partial charge on any atom is -0.464 e. The molecule has 1 fully saturated rings. The number of rotatable bonds is 5. The Morgan fingerprint density at radius 2 is 2.21 bits per heavy atom. The number of β-lactam (4-membered cyclic amide) rings is 1. The predicted octanol–water partition coefficient (Wildman–Crippen LogP) is 0.0626. The molecule has 0 spiro atoms. The number of nitrogens with zero attached hydrogens (tertiary/aromatic N) is 2. The molecule has 0 saturated carbocycles. The van der Waals surface area contributed by atoms with E-state index in [1.54, 1.807) is 13.2 Å². The summed E-state index contributed by atoms with van der Waals surface area (Å²) in [7, 11) is 2.55. The fraction of sp³-hybridized carbons (Fsp3) is 0.571. The van der Waals surface area contributed by atoms with E-state index in [1.807, 2.05) is 6.07 Å². The van der Waals surface area contributed by atoms with Crippen LogP contribution in [0.4, 0.5) is 0 Å². The molecule has 2 amide bonds. The smallest absolute Gasteiger partial charge is 0.354 e. The summed E-state index contributed by atoms with van der Waals surface area (Å²) < 4.78 is 10.1. The largest absolute Gasteiger partial charge is 0.464 e. The number of amides is 2. The maximum atomic E-state index is 12.7. The van der Waals surface area contributed by atoms with E-state index >= 15 is 0 Å². The van der Waals surface area contributed by atoms with Crippen molar-refractivity contribution in [2.24, 2.45) is 0 Å². The molecule has 1 N–H and O–H groups in total. The van der Waals surface area contributed by atoms with Crippen molar-refractivity contribution in [3.8, 4) is 6.07 Å². The molecule has 1 saturated heterocycles. The molecule has 2 rings (SSSR count). The molecule has 0 bridgehead atoms. The summed E-state index contributed by atoms with van der Waals surface area (Å²) in [5, 5.41) is 9.97. The number of hydrogen-bond donors (Lipinski definition) is 1. The van der Waals surface area contributed by atoms with Gasteiger partial charge in [-0.3, -0.25) is 14.5 Å². The standard InChI is InChI=1S/C14H17N3O5S2/c1-7-6-24-13-14(22-3,16-10(18)8(5-15)23-4)12(20)17(13)9(7)11(19)21-2/h8,13H,6H2,1-4H3,(H,16,18)/t8?,13-,14-/m0/s1. The van der Waals surface area contributed by atoms with Gasteiger partial charge in [0.15, 0.2) is 5.25 Å². The molecule has 10 heteroatoms. The van der Waals surface area contributed by atoms with Crippen molar-refractivity contribution in [2.45, 2.75) is 23.3 Å². The molecule has 130 valence electrons. The summed E-state index contributed by atoms with van der Waals surface area (Å²) >= 11 is 2.43. The van der Waals surface area contributed by atoms with Crippen molar-refractivity contribution in [3.63, 3.8) is 0 Å². The van der Waals surface area contributed by atoms with Gasteiger partial charge in [0.25, 0.3) is 11.6 Å². The first-order valence-corrected chi connectivity index (χ1v) is 9.24. The van der Waals surface area contributed by atoms with Crippen LogP contribution in [0.15, 0.2) is 11.3 Å². The maximum Gasteiger partial charge on any atom is 0.354 e. The molecule has 1 unspecified atom stereocenters. The molecule has 8 nitrogen and oxygen atoms in total. The lowest BCUT2D eigenvalue weighted by atomic mass is 9.98. The Bertz CT molecular complexity index is 659. The van der Waals surface area contributed by atoms with Gasteiger partial charge in [-0.15, -0.1) is 23.5 Å². The van der Waals surface area contributed by atoms with Gasteiger partial charge in [0.05, 0.1) is 13.2 Å². The van der Waals surface area contributed by atoms with Gasteiger partial charge in [-0.05, 0) is 18.8 Å². The first kappa shape index (κ1) is 18.6. The Morgan fingerprint density at radius 3 is 2.71 bits per heavy atom. The number of nitriles is 1. The van der Waals surface area contributed by atoms with E-state index in [-0.39, 0.29) is 5.70 Å². The van der Waals surface area contributed by atoms with Gasteiger partial charge in [-0.1, -0.05) is 0 Å². The average molecular weight is 371 g/mol. The maximum absolute atomic E-state index is 12.7. The first-order valence-electron chi connectivity index (χ1n) is 6.90. The zero-order valence-electron chi connectivity index (χ0n) is 13.6. The average Bonchev–Trinajstić information content (AvgIpc) is 2.59. The van der Waals surface area contributed by atoms with Crippen molar-refractivity contribution >= 4 is 41.3 Å². The van der Waals surface area contributed by atoms with Gasteiger partial charge in [0, 0.05) is 12.9 Å². The first-order chi connectivity index (χ1) is 11.4. The van der Waals surface area contributed by atoms with Crippen LogP contribution in [0.5, 0.6) is 0 Å². The highest BCUT2D eigenvalue weighted by molar-refractivity contribution is 8.00. The highest BCUT2D eigenvalue weighted by Crippen LogP contribution is 2.46. The van der Waals surface area contributed by atoms with Crippen LogP contribution in [-0.2, 0) is 23.9 Å². The number of ether oxygens (including phenoxy) is 2. The van der Waals surface area contributed by atoms with Gasteiger partial charge in [-0.2, -0.15) is 5.26 Å². The molecule has 0 aliphatic carbocycles. The topological polar surface area (TPSA) is 109 Å². The molecule has 3 atom stereocenters. The molecular weight excluding hydrogens is 354 g/mol. The normalized spacial score (nSPS) is 26.9. The fourth-order valence-electron chi connectivity index (χ4n) is 2.59. The van der Waals surface area contributed by atoms with E-state index in [0.29, 0.717) is 11.3 Å². The van der Waals surface area contributed by atoms with E-state index in [0.717, 1.165) is 11.8 Å². The van der Waals surface area contributed by atoms with Crippen LogP contribution in [0, 0.1) is 11.3 Å². The van der Waals surface area contributed by atoms with Gasteiger partial charge in [0.1, 0.15) is 11.1 Å². The monoisotopic (exact) mass is 371 g/mol. The van der Waals surface area contributed by atoms with E-state index in [9.17, 15) is 14.4 Å². The van der Waals surface area contributed by atoms with E-state index < -0.39 is 34.1 Å². The van der Waals surface area contributed by atoms with Crippen LogP contribution in [0.25, 0.3) is 0 Å². The van der Waals surface area contributed by atoms with Crippen molar-refractivity contribution in [1.29, 1.82) is 5.26 Å². The van der Waals surface area contributed by atoms with Crippen molar-refractivity contribution < 1.29 is 23.9 Å². The van der Waals surface area contributed by atoms with Crippen molar-refractivity contribution in [1.82, 2.24) is 10.2 Å². The van der Waals surface area contributed by atoms with Gasteiger partial charge in [0.2, 0.25) is 5.91 Å². The molecule has 24 heavy (non-hydrogen) atoms. The number of carbonyl (C=O) groups excluding carboxylic acids is 3. The van der Waals surface area contributed by atoms with Gasteiger partial charge in [-0.25, -0.2) is 4.79 Å². The Hall–Kier alpha value is -1.70. The Kier molecular flexibility index (Phi) is 5.47. The quantitative estimate of drug-likeness (QED) is 0.411. The summed E-state index contributed by atoms with van der Waals surface area (Å²) in [4.78, 5) is 38.2. The third-order valence-electron chi connectivity index (χ3n) is 3.82. The minimum atomic E-state index is -1.59. The van der Waals surface area contributed by atoms with Crippen LogP contribution in [0.1, 0.15) is 6.92 Å². The van der Waals surface area contributed by atoms with E-state index in [2.05, 4.69) is 5.32 Å². The zero-order chi connectivity index (χ0) is 18.1. The van der Waals surface area contributed by atoms with Gasteiger partial charge < -0.3 is 14.8 Å². The molecule has 2 aliphatic rings. The number of methoxy groups -OCH3 is 2. The molecular formula is C14H17N3O5S2. The second-order valence-electron chi connectivity index (χ2n) is 5.13. The van der Waals surface area contributed by atoms with E-state index in [4.69, 9.17) is 14.7 Å². The van der Waals surface area contributed by atoms with Crippen LogP contribution < -0.4 is 5.32 Å². The Balaban J connectivity index is 2.31. The third kappa shape index (κ3) is 2.66. The van der Waals surface area contributed by atoms with Crippen LogP contribution in [0.2, 0.25) is 0 Å². The number of fused-ring (bicyclic) bond motifs is 1. The lowest BCUT2D eigenvalue weighted by Gasteiger charge is -2.55. The highest BCUT2D eigenvalue weighted by atomic mass is 32.2. The second-order valence-corrected chi connectivity index (χ2v) is 7.14. The van der Waals surface area contributed by atoms with Crippen LogP contribution in [0.3, 0.4) is 0 Å². The molecule has 0 aromatic heterocycles. The minimum absolute atomic E-state index is 0.176. The summed E-state index contributed by atoms with van der Waals surface area (Å²) in [6.45, 7) is 1.74. The second kappa shape index (κ2) is 7.04. The highest BCUT2D eigenvalue weighted by Gasteiger charge is 2.66. The number of thioether (sulfide) groups is 2. The summed E-state index contributed by atoms with van der Waals surface area (Å²) in [5.41, 5.74) is -0.701. The SMILES string of the molecule is COC(=O)C1=C(C)CS[C@@H]2N1C(=O)[C@]2(NC(=O)C(C#N)SC)OC. The van der Waals surface area contributed by atoms with Crippen LogP contribution >= 0.6 is 23.5 Å². The Morgan fingerprint density at radius 1 is 1.54 bits per heavy atom. The number of nitrogens with one attached hydrogen (secondary N) is 1. The summed E-state index contributed by atoms with van der Waals surface area (Å²) in [6.07, 6.45) is 1.62. The molecule has 0 aromatic carbocycles. The number of carbonyl (C=O) groups is 3. The predicted molar refractivity (Wildman–Crippen MR) is 88.6 cm³/mol.